The molecule has 0 atom stereocenters. The normalized spacial score (nSPS) is 10.7. The fraction of sp³-hybridized carbons (Fsp3) is 0.200. The van der Waals surface area contributed by atoms with Gasteiger partial charge in [0.1, 0.15) is 5.76 Å². The Labute approximate surface area is 171 Å². The lowest BCUT2D eigenvalue weighted by Gasteiger charge is -2.11. The smallest absolute Gasteiger partial charge is 0.323 e. The third-order valence-corrected chi connectivity index (χ3v) is 4.10. The lowest BCUT2D eigenvalue weighted by Crippen LogP contribution is -2.13. The van der Waals surface area contributed by atoms with Gasteiger partial charge in [0.25, 0.3) is 5.56 Å². The summed E-state index contributed by atoms with van der Waals surface area (Å²) in [5.74, 6) is 1.41. The van der Waals surface area contributed by atoms with Crippen LogP contribution < -0.4 is 20.9 Å². The van der Waals surface area contributed by atoms with Gasteiger partial charge in [-0.05, 0) is 44.2 Å². The number of nitrogens with one attached hydrogen (secondary N) is 3. The molecule has 0 saturated carbocycles. The summed E-state index contributed by atoms with van der Waals surface area (Å²) in [5.41, 5.74) is 2.04. The fourth-order valence-corrected chi connectivity index (χ4v) is 2.82. The minimum Gasteiger partial charge on any atom is -0.467 e. The van der Waals surface area contributed by atoms with E-state index in [1.165, 1.54) is 10.7 Å². The third kappa shape index (κ3) is 4.49. The topological polar surface area (TPSA) is 123 Å². The van der Waals surface area contributed by atoms with E-state index in [-0.39, 0.29) is 11.6 Å². The maximum absolute atomic E-state index is 12.1. The molecule has 0 radical (unpaired) electrons. The average molecular weight is 407 g/mol. The van der Waals surface area contributed by atoms with Crippen molar-refractivity contribution in [2.24, 2.45) is 0 Å². The van der Waals surface area contributed by atoms with E-state index in [4.69, 9.17) is 9.15 Å². The van der Waals surface area contributed by atoms with Gasteiger partial charge < -0.3 is 19.8 Å². The van der Waals surface area contributed by atoms with Gasteiger partial charge in [-0.3, -0.25) is 9.89 Å². The van der Waals surface area contributed by atoms with Crippen molar-refractivity contribution in [3.8, 4) is 11.7 Å². The minimum absolute atomic E-state index is 0.132. The first-order valence-corrected chi connectivity index (χ1v) is 9.42. The lowest BCUT2D eigenvalue weighted by molar-refractivity contribution is 0.312. The van der Waals surface area contributed by atoms with Gasteiger partial charge in [0.15, 0.2) is 0 Å². The summed E-state index contributed by atoms with van der Waals surface area (Å²) in [5, 5.41) is 9.24. The number of anilines is 3. The van der Waals surface area contributed by atoms with Crippen LogP contribution in [-0.2, 0) is 6.54 Å². The molecule has 0 aliphatic heterocycles. The zero-order chi connectivity index (χ0) is 20.9. The second kappa shape index (κ2) is 8.52. The van der Waals surface area contributed by atoms with Gasteiger partial charge in [-0.2, -0.15) is 15.0 Å². The van der Waals surface area contributed by atoms with Crippen LogP contribution in [0, 0.1) is 6.92 Å². The van der Waals surface area contributed by atoms with E-state index in [2.05, 4.69) is 30.7 Å². The zero-order valence-corrected chi connectivity index (χ0v) is 16.5. The molecule has 30 heavy (non-hydrogen) atoms. The Morgan fingerprint density at radius 1 is 1.13 bits per heavy atom. The zero-order valence-electron chi connectivity index (χ0n) is 16.5. The summed E-state index contributed by atoms with van der Waals surface area (Å²) >= 11 is 0. The van der Waals surface area contributed by atoms with Gasteiger partial charge >= 0.3 is 6.01 Å². The van der Waals surface area contributed by atoms with Crippen LogP contribution in [0.4, 0.5) is 17.6 Å². The second-order valence-electron chi connectivity index (χ2n) is 6.42. The molecule has 0 spiro atoms. The van der Waals surface area contributed by atoms with Crippen molar-refractivity contribution in [2.45, 2.75) is 20.4 Å². The molecule has 0 saturated heterocycles. The Morgan fingerprint density at radius 3 is 2.73 bits per heavy atom. The van der Waals surface area contributed by atoms with E-state index in [1.807, 2.05) is 50.2 Å². The van der Waals surface area contributed by atoms with Crippen LogP contribution in [0.25, 0.3) is 5.69 Å². The van der Waals surface area contributed by atoms with Gasteiger partial charge in [-0.25, -0.2) is 4.68 Å². The quantitative estimate of drug-likeness (QED) is 0.407. The van der Waals surface area contributed by atoms with Crippen molar-refractivity contribution in [1.82, 2.24) is 24.7 Å². The highest BCUT2D eigenvalue weighted by Gasteiger charge is 2.10. The standard InChI is InChI=1S/C20H21N7O3/c1-3-29-20-24-18(21-12-16-8-5-9-30-16)23-19(25-20)22-14-6-4-7-15(11-14)27-17(28)10-13(2)26-27/h4-11,26H,3,12H2,1-2H3,(H2,21,22,23,24,25). The molecule has 154 valence electrons. The van der Waals surface area contributed by atoms with Crippen LogP contribution >= 0.6 is 0 Å². The fourth-order valence-electron chi connectivity index (χ4n) is 2.82. The Kier molecular flexibility index (Phi) is 5.46. The van der Waals surface area contributed by atoms with Crippen molar-refractivity contribution in [2.75, 3.05) is 17.2 Å². The monoisotopic (exact) mass is 407 g/mol. The van der Waals surface area contributed by atoms with Crippen LogP contribution in [-0.4, -0.2) is 31.3 Å². The number of hydrogen-bond acceptors (Lipinski definition) is 8. The summed E-state index contributed by atoms with van der Waals surface area (Å²) in [4.78, 5) is 25.0. The number of rotatable bonds is 8. The molecule has 10 heteroatoms. The molecular formula is C20H21N7O3. The average Bonchev–Trinajstić information content (AvgIpc) is 3.36. The predicted octanol–water partition coefficient (Wildman–Crippen LogP) is 3.01. The number of nitrogens with zero attached hydrogens (tertiary/aromatic N) is 4. The number of hydrogen-bond donors (Lipinski definition) is 3. The number of aryl methyl sites for hydroxylation is 1. The number of aromatic nitrogens is 5. The molecule has 1 aromatic carbocycles. The first kappa shape index (κ1) is 19.2. The number of ether oxygens (including phenoxy) is 1. The predicted molar refractivity (Wildman–Crippen MR) is 111 cm³/mol. The first-order valence-electron chi connectivity index (χ1n) is 9.42. The molecular weight excluding hydrogens is 386 g/mol. The molecule has 0 aliphatic carbocycles. The van der Waals surface area contributed by atoms with Crippen LogP contribution in [0.2, 0.25) is 0 Å². The number of benzene rings is 1. The maximum atomic E-state index is 12.1. The van der Waals surface area contributed by atoms with Gasteiger partial charge in [0, 0.05) is 17.4 Å². The highest BCUT2D eigenvalue weighted by molar-refractivity contribution is 5.58. The molecule has 3 aromatic heterocycles. The summed E-state index contributed by atoms with van der Waals surface area (Å²) in [6.45, 7) is 4.53. The van der Waals surface area contributed by atoms with Crippen LogP contribution in [0.3, 0.4) is 0 Å². The summed E-state index contributed by atoms with van der Waals surface area (Å²) < 4.78 is 12.2. The van der Waals surface area contributed by atoms with Crippen LogP contribution in [0.5, 0.6) is 6.01 Å². The molecule has 0 bridgehead atoms. The summed E-state index contributed by atoms with van der Waals surface area (Å²) in [7, 11) is 0. The Hall–Kier alpha value is -4.08. The van der Waals surface area contributed by atoms with Gasteiger partial charge in [-0.15, -0.1) is 0 Å². The molecule has 0 amide bonds. The van der Waals surface area contributed by atoms with Crippen molar-refractivity contribution in [1.29, 1.82) is 0 Å². The second-order valence-corrected chi connectivity index (χ2v) is 6.42. The van der Waals surface area contributed by atoms with Crippen molar-refractivity contribution in [3.63, 3.8) is 0 Å². The number of aromatic amines is 1. The SMILES string of the molecule is CCOc1nc(NCc2ccco2)nc(Nc2cccc(-n3[nH]c(C)cc3=O)c2)n1. The summed E-state index contributed by atoms with van der Waals surface area (Å²) in [6.07, 6.45) is 1.60. The lowest BCUT2D eigenvalue weighted by atomic mass is 10.3. The van der Waals surface area contributed by atoms with E-state index in [1.54, 1.807) is 6.26 Å². The van der Waals surface area contributed by atoms with Crippen molar-refractivity contribution < 1.29 is 9.15 Å². The van der Waals surface area contributed by atoms with Gasteiger partial charge in [-0.1, -0.05) is 6.07 Å². The van der Waals surface area contributed by atoms with E-state index < -0.39 is 0 Å². The Morgan fingerprint density at radius 2 is 2.00 bits per heavy atom. The number of H-pyrrole nitrogens is 1. The third-order valence-electron chi connectivity index (χ3n) is 4.10. The van der Waals surface area contributed by atoms with Crippen LogP contribution in [0.1, 0.15) is 18.4 Å². The highest BCUT2D eigenvalue weighted by atomic mass is 16.5. The van der Waals surface area contributed by atoms with Gasteiger partial charge in [0.2, 0.25) is 11.9 Å². The molecule has 4 rings (SSSR count). The molecule has 0 unspecified atom stereocenters. The minimum atomic E-state index is -0.132. The van der Waals surface area contributed by atoms with E-state index in [0.717, 1.165) is 11.5 Å². The van der Waals surface area contributed by atoms with E-state index in [0.29, 0.717) is 36.4 Å². The molecule has 3 heterocycles. The van der Waals surface area contributed by atoms with Crippen molar-refractivity contribution >= 4 is 17.6 Å². The van der Waals surface area contributed by atoms with Crippen LogP contribution in [0.15, 0.2) is 57.9 Å². The maximum Gasteiger partial charge on any atom is 0.323 e. The molecule has 0 aliphatic rings. The Balaban J connectivity index is 1.58. The first-order chi connectivity index (χ1) is 14.6. The highest BCUT2D eigenvalue weighted by Crippen LogP contribution is 2.19. The molecule has 4 aromatic rings. The van der Waals surface area contributed by atoms with Gasteiger partial charge in [0.05, 0.1) is 25.1 Å². The summed E-state index contributed by atoms with van der Waals surface area (Å²) in [6, 6.07) is 12.7. The Bertz CT molecular complexity index is 1180. The molecule has 0 fully saturated rings. The number of furan rings is 1. The largest absolute Gasteiger partial charge is 0.467 e. The molecule has 3 N–H and O–H groups in total. The van der Waals surface area contributed by atoms with E-state index in [9.17, 15) is 4.79 Å². The van der Waals surface area contributed by atoms with Crippen molar-refractivity contribution in [3.05, 3.63) is 70.5 Å². The van der Waals surface area contributed by atoms with E-state index >= 15 is 0 Å². The molecule has 10 nitrogen and oxygen atoms in total.